The fraction of sp³-hybridized carbons (Fsp3) is 0.333. The van der Waals surface area contributed by atoms with Gasteiger partial charge in [0.15, 0.2) is 16.6 Å². The van der Waals surface area contributed by atoms with Crippen LogP contribution in [0.15, 0.2) is 47.0 Å². The Bertz CT molecular complexity index is 1530. The van der Waals surface area contributed by atoms with Gasteiger partial charge in [0.2, 0.25) is 5.91 Å². The zero-order chi connectivity index (χ0) is 30.3. The lowest BCUT2D eigenvalue weighted by Crippen LogP contribution is -2.52. The van der Waals surface area contributed by atoms with Gasteiger partial charge in [-0.2, -0.15) is 0 Å². The number of hydrogen-bond acceptors (Lipinski definition) is 9. The molecule has 0 unspecified atom stereocenters. The van der Waals surface area contributed by atoms with Crippen LogP contribution in [0.1, 0.15) is 41.8 Å². The minimum Gasteiger partial charge on any atom is -0.490 e. The fourth-order valence-corrected chi connectivity index (χ4v) is 5.23. The third-order valence-corrected chi connectivity index (χ3v) is 7.23. The average molecular weight is 599 g/mol. The van der Waals surface area contributed by atoms with Crippen LogP contribution in [-0.2, 0) is 21.5 Å². The van der Waals surface area contributed by atoms with Gasteiger partial charge >= 0.3 is 12.1 Å². The molecule has 1 aromatic heterocycles. The molecular weight excluding hydrogens is 571 g/mol. The molecule has 2 heterocycles. The van der Waals surface area contributed by atoms with E-state index in [0.29, 0.717) is 22.7 Å². The molecule has 0 radical (unpaired) electrons. The summed E-state index contributed by atoms with van der Waals surface area (Å²) in [5, 5.41) is 18.3. The number of rotatable bonds is 11. The number of carboxylic acid groups (broad SMARTS) is 1. The number of nitrogens with one attached hydrogen (secondary N) is 1. The molecule has 2 amide bonds. The third-order valence-electron chi connectivity index (χ3n) is 6.54. The van der Waals surface area contributed by atoms with E-state index in [2.05, 4.69) is 20.3 Å². The first-order valence-electron chi connectivity index (χ1n) is 12.8. The van der Waals surface area contributed by atoms with Crippen LogP contribution in [0.3, 0.4) is 0 Å². The van der Waals surface area contributed by atoms with Gasteiger partial charge < -0.3 is 24.6 Å². The molecule has 0 bridgehead atoms. The predicted octanol–water partition coefficient (Wildman–Crippen LogP) is 5.72. The van der Waals surface area contributed by atoms with E-state index >= 15 is 0 Å². The first-order valence-corrected chi connectivity index (χ1v) is 13.7. The van der Waals surface area contributed by atoms with Gasteiger partial charge in [-0.25, -0.2) is 19.0 Å². The first-order chi connectivity index (χ1) is 20.2. The smallest absolute Gasteiger partial charge is 0.408 e. The second kappa shape index (κ2) is 13.2. The van der Waals surface area contributed by atoms with E-state index in [1.807, 2.05) is 0 Å². The number of anilines is 1. The van der Waals surface area contributed by atoms with E-state index in [1.54, 1.807) is 31.4 Å². The zero-order valence-electron chi connectivity index (χ0n) is 22.7. The van der Waals surface area contributed by atoms with Crippen LogP contribution in [0, 0.1) is 5.82 Å². The van der Waals surface area contributed by atoms with E-state index in [9.17, 15) is 23.9 Å². The molecule has 15 heteroatoms. The Labute approximate surface area is 243 Å². The first kappa shape index (κ1) is 30.1. The number of hydrogen-bond donors (Lipinski definition) is 2. The van der Waals surface area contributed by atoms with E-state index in [4.69, 9.17) is 19.7 Å². The third kappa shape index (κ3) is 6.70. The SMILES string of the molecule is CCOC(=O)c1ccc(Oc2cc3c(cc2OCCN=[N+]=[N-])CCN(C(=O)O)[C@]3(C)CC(=O)Nc2nccs2)cc1F. The number of fused-ring (bicyclic) bond motifs is 1. The van der Waals surface area contributed by atoms with Crippen molar-refractivity contribution < 1.29 is 38.1 Å². The quantitative estimate of drug-likeness (QED) is 0.0925. The molecule has 3 aromatic rings. The van der Waals surface area contributed by atoms with Gasteiger partial charge in [-0.3, -0.25) is 9.69 Å². The largest absolute Gasteiger partial charge is 0.490 e. The summed E-state index contributed by atoms with van der Waals surface area (Å²) in [6.07, 6.45) is 0.419. The monoisotopic (exact) mass is 598 g/mol. The number of thiazole rings is 1. The van der Waals surface area contributed by atoms with E-state index in [0.717, 1.165) is 6.07 Å². The van der Waals surface area contributed by atoms with Crippen molar-refractivity contribution in [1.29, 1.82) is 0 Å². The number of nitrogens with zero attached hydrogens (tertiary/aromatic N) is 5. The molecule has 1 aliphatic heterocycles. The number of amides is 2. The number of carbonyl (C=O) groups excluding carboxylic acids is 2. The van der Waals surface area contributed by atoms with Crippen LogP contribution in [0.5, 0.6) is 17.2 Å². The molecule has 1 atom stereocenters. The molecule has 4 rings (SSSR count). The number of benzene rings is 2. The summed E-state index contributed by atoms with van der Waals surface area (Å²) in [4.78, 5) is 45.3. The lowest BCUT2D eigenvalue weighted by molar-refractivity contribution is -0.118. The van der Waals surface area contributed by atoms with Crippen molar-refractivity contribution in [2.45, 2.75) is 32.2 Å². The standard InChI is InChI=1S/C27H27FN6O7S/c1-3-39-24(36)18-5-4-17(13-20(18)28)41-22-14-19-16(12-21(22)40-10-7-31-33-29)6-9-34(26(37)38)27(19,2)15-23(35)32-25-30-8-11-42-25/h4-5,8,11-14H,3,6-7,9-10,15H2,1-2H3,(H,37,38)(H,30,32,35)/t27-/m1/s1. The van der Waals surface area contributed by atoms with E-state index in [-0.39, 0.29) is 55.5 Å². The highest BCUT2D eigenvalue weighted by molar-refractivity contribution is 7.13. The molecule has 0 spiro atoms. The topological polar surface area (TPSA) is 176 Å². The average Bonchev–Trinajstić information content (AvgIpc) is 3.44. The van der Waals surface area contributed by atoms with Crippen molar-refractivity contribution >= 4 is 34.4 Å². The van der Waals surface area contributed by atoms with Gasteiger partial charge in [0.25, 0.3) is 0 Å². The van der Waals surface area contributed by atoms with E-state index in [1.165, 1.54) is 34.6 Å². The maximum absolute atomic E-state index is 14.8. The molecule has 13 nitrogen and oxygen atoms in total. The molecule has 2 aromatic carbocycles. The Morgan fingerprint density at radius 1 is 1.29 bits per heavy atom. The Morgan fingerprint density at radius 2 is 2.10 bits per heavy atom. The van der Waals surface area contributed by atoms with Crippen molar-refractivity contribution in [3.05, 3.63) is 74.9 Å². The second-order valence-electron chi connectivity index (χ2n) is 9.24. The van der Waals surface area contributed by atoms with Crippen molar-refractivity contribution in [3.8, 4) is 17.2 Å². The Kier molecular flexibility index (Phi) is 9.45. The lowest BCUT2D eigenvalue weighted by Gasteiger charge is -2.44. The summed E-state index contributed by atoms with van der Waals surface area (Å²) in [5.74, 6) is -1.78. The zero-order valence-corrected chi connectivity index (χ0v) is 23.5. The van der Waals surface area contributed by atoms with Crippen molar-refractivity contribution in [3.63, 3.8) is 0 Å². The van der Waals surface area contributed by atoms with Crippen LogP contribution in [0.2, 0.25) is 0 Å². The number of carbonyl (C=O) groups is 3. The Balaban J connectivity index is 1.74. The normalized spacial score (nSPS) is 15.6. The number of ether oxygens (including phenoxy) is 3. The number of aromatic nitrogens is 1. The number of esters is 1. The van der Waals surface area contributed by atoms with Gasteiger partial charge in [0, 0.05) is 29.1 Å². The minimum absolute atomic E-state index is 0.00407. The highest BCUT2D eigenvalue weighted by Crippen LogP contribution is 2.44. The van der Waals surface area contributed by atoms with Crippen molar-refractivity contribution in [2.24, 2.45) is 5.11 Å². The van der Waals surface area contributed by atoms with Crippen molar-refractivity contribution in [1.82, 2.24) is 9.88 Å². The highest BCUT2D eigenvalue weighted by Gasteiger charge is 2.44. The summed E-state index contributed by atoms with van der Waals surface area (Å²) in [6, 6.07) is 6.84. The second-order valence-corrected chi connectivity index (χ2v) is 10.1. The summed E-state index contributed by atoms with van der Waals surface area (Å²) in [6.45, 7) is 3.47. The van der Waals surface area contributed by atoms with Crippen LogP contribution in [-0.4, -0.2) is 59.3 Å². The molecule has 0 aliphatic carbocycles. The molecule has 2 N–H and O–H groups in total. The molecule has 1 aliphatic rings. The van der Waals surface area contributed by atoms with Crippen LogP contribution < -0.4 is 14.8 Å². The van der Waals surface area contributed by atoms with E-state index < -0.39 is 29.3 Å². The Hall–Kier alpha value is -4.88. The van der Waals surface area contributed by atoms with Gasteiger partial charge in [0.05, 0.1) is 37.3 Å². The maximum atomic E-state index is 14.8. The van der Waals surface area contributed by atoms with Crippen LogP contribution in [0.4, 0.5) is 14.3 Å². The number of halogens is 1. The number of azide groups is 1. The van der Waals surface area contributed by atoms with Crippen molar-refractivity contribution in [2.75, 3.05) is 31.6 Å². The summed E-state index contributed by atoms with van der Waals surface area (Å²) in [7, 11) is 0. The molecular formula is C27H27FN6O7S. The summed E-state index contributed by atoms with van der Waals surface area (Å²) in [5.41, 5.74) is 8.21. The van der Waals surface area contributed by atoms with Gasteiger partial charge in [-0.05, 0) is 61.2 Å². The molecule has 42 heavy (non-hydrogen) atoms. The Morgan fingerprint density at radius 3 is 2.76 bits per heavy atom. The van der Waals surface area contributed by atoms with Crippen LogP contribution >= 0.6 is 11.3 Å². The lowest BCUT2D eigenvalue weighted by atomic mass is 9.79. The minimum atomic E-state index is -1.32. The highest BCUT2D eigenvalue weighted by atomic mass is 32.1. The fourth-order valence-electron chi connectivity index (χ4n) is 4.69. The summed E-state index contributed by atoms with van der Waals surface area (Å²) >= 11 is 1.23. The summed E-state index contributed by atoms with van der Waals surface area (Å²) < 4.78 is 31.5. The molecule has 0 fully saturated rings. The maximum Gasteiger partial charge on any atom is 0.408 e. The van der Waals surface area contributed by atoms with Gasteiger partial charge in [0.1, 0.15) is 11.6 Å². The molecule has 220 valence electrons. The predicted molar refractivity (Wildman–Crippen MR) is 150 cm³/mol. The van der Waals surface area contributed by atoms with Crippen LogP contribution in [0.25, 0.3) is 10.4 Å². The van der Waals surface area contributed by atoms with Gasteiger partial charge in [-0.15, -0.1) is 11.3 Å². The molecule has 0 saturated carbocycles. The van der Waals surface area contributed by atoms with Gasteiger partial charge in [-0.1, -0.05) is 5.11 Å². The molecule has 0 saturated heterocycles.